The highest BCUT2D eigenvalue weighted by Crippen LogP contribution is 2.19. The van der Waals surface area contributed by atoms with Gasteiger partial charge in [-0.25, -0.2) is 4.79 Å². The van der Waals surface area contributed by atoms with Crippen LogP contribution in [0.4, 0.5) is 11.5 Å². The number of aromatic nitrogens is 2. The van der Waals surface area contributed by atoms with Crippen molar-refractivity contribution in [2.24, 2.45) is 5.92 Å². The summed E-state index contributed by atoms with van der Waals surface area (Å²) < 4.78 is 1.29. The summed E-state index contributed by atoms with van der Waals surface area (Å²) in [4.78, 5) is 39.6. The number of unbranched alkanes of at least 4 members (excludes halogenated alkanes) is 1. The van der Waals surface area contributed by atoms with E-state index in [1.54, 1.807) is 0 Å². The van der Waals surface area contributed by atoms with E-state index in [0.717, 1.165) is 12.8 Å². The fourth-order valence-electron chi connectivity index (χ4n) is 2.13. The summed E-state index contributed by atoms with van der Waals surface area (Å²) in [6, 6.07) is 0. The summed E-state index contributed by atoms with van der Waals surface area (Å²) in [5, 5.41) is 0. The van der Waals surface area contributed by atoms with Crippen molar-refractivity contribution in [3.63, 3.8) is 0 Å². The zero-order valence-electron chi connectivity index (χ0n) is 13.2. The van der Waals surface area contributed by atoms with E-state index in [4.69, 9.17) is 17.3 Å². The molecule has 0 aromatic carbocycles. The van der Waals surface area contributed by atoms with Gasteiger partial charge in [0.25, 0.3) is 5.56 Å². The van der Waals surface area contributed by atoms with Crippen molar-refractivity contribution >= 4 is 29.0 Å². The lowest BCUT2D eigenvalue weighted by Gasteiger charge is -2.25. The topological polar surface area (TPSA) is 101 Å². The minimum absolute atomic E-state index is 0.00122. The summed E-state index contributed by atoms with van der Waals surface area (Å²) >= 11 is 5.63. The number of amides is 1. The van der Waals surface area contributed by atoms with E-state index in [1.165, 1.54) is 9.47 Å². The molecule has 1 heterocycles. The maximum absolute atomic E-state index is 12.1. The summed E-state index contributed by atoms with van der Waals surface area (Å²) in [6.45, 7) is 6.48. The van der Waals surface area contributed by atoms with Crippen molar-refractivity contribution in [1.82, 2.24) is 9.55 Å². The van der Waals surface area contributed by atoms with Gasteiger partial charge >= 0.3 is 5.69 Å². The molecule has 0 spiro atoms. The largest absolute Gasteiger partial charge is 0.383 e. The maximum Gasteiger partial charge on any atom is 0.330 e. The van der Waals surface area contributed by atoms with Crippen LogP contribution >= 0.6 is 11.6 Å². The molecular formula is C14H23ClN4O3. The second-order valence-electron chi connectivity index (χ2n) is 5.53. The molecule has 3 N–H and O–H groups in total. The van der Waals surface area contributed by atoms with Crippen molar-refractivity contribution in [2.45, 2.75) is 40.2 Å². The summed E-state index contributed by atoms with van der Waals surface area (Å²) in [5.41, 5.74) is 4.76. The van der Waals surface area contributed by atoms with Gasteiger partial charge in [-0.3, -0.25) is 19.1 Å². The number of hydrogen-bond donors (Lipinski definition) is 2. The Morgan fingerprint density at radius 1 is 1.41 bits per heavy atom. The molecule has 1 aromatic heterocycles. The second kappa shape index (κ2) is 8.03. The lowest BCUT2D eigenvalue weighted by Crippen LogP contribution is -2.43. The number of hydrogen-bond acceptors (Lipinski definition) is 4. The highest BCUT2D eigenvalue weighted by atomic mass is 35.5. The number of carbonyl (C=O) groups is 1. The molecule has 7 nitrogen and oxygen atoms in total. The predicted octanol–water partition coefficient (Wildman–Crippen LogP) is 1.15. The molecule has 0 fully saturated rings. The van der Waals surface area contributed by atoms with E-state index in [0.29, 0.717) is 13.1 Å². The van der Waals surface area contributed by atoms with Crippen LogP contribution in [-0.4, -0.2) is 27.9 Å². The van der Waals surface area contributed by atoms with Gasteiger partial charge in [0.1, 0.15) is 11.7 Å². The molecule has 1 aromatic rings. The summed E-state index contributed by atoms with van der Waals surface area (Å²) in [5.74, 6) is -0.573. The fraction of sp³-hybridized carbons (Fsp3) is 0.643. The predicted molar refractivity (Wildman–Crippen MR) is 88.6 cm³/mol. The van der Waals surface area contributed by atoms with E-state index in [2.05, 4.69) is 4.98 Å². The number of carbonyl (C=O) groups excluding carboxylic acids is 1. The van der Waals surface area contributed by atoms with Crippen LogP contribution in [0, 0.1) is 5.92 Å². The molecule has 0 aliphatic heterocycles. The van der Waals surface area contributed by atoms with E-state index < -0.39 is 17.2 Å². The minimum Gasteiger partial charge on any atom is -0.383 e. The molecule has 124 valence electrons. The van der Waals surface area contributed by atoms with Gasteiger partial charge in [0.15, 0.2) is 5.69 Å². The van der Waals surface area contributed by atoms with Crippen LogP contribution in [-0.2, 0) is 11.3 Å². The van der Waals surface area contributed by atoms with Gasteiger partial charge in [0.05, 0.1) is 0 Å². The maximum atomic E-state index is 12.1. The molecule has 0 unspecified atom stereocenters. The Balaban J connectivity index is 3.45. The van der Waals surface area contributed by atoms with Gasteiger partial charge < -0.3 is 10.6 Å². The van der Waals surface area contributed by atoms with Gasteiger partial charge in [-0.1, -0.05) is 27.2 Å². The van der Waals surface area contributed by atoms with E-state index in [-0.39, 0.29) is 23.3 Å². The molecule has 8 heteroatoms. The van der Waals surface area contributed by atoms with Crippen LogP contribution in [0.3, 0.4) is 0 Å². The van der Waals surface area contributed by atoms with Gasteiger partial charge in [-0.2, -0.15) is 0 Å². The number of alkyl halides is 1. The Labute approximate surface area is 134 Å². The first-order chi connectivity index (χ1) is 10.3. The zero-order valence-corrected chi connectivity index (χ0v) is 13.9. The van der Waals surface area contributed by atoms with Crippen molar-refractivity contribution < 1.29 is 4.79 Å². The number of rotatable bonds is 7. The summed E-state index contributed by atoms with van der Waals surface area (Å²) in [7, 11) is 0. The molecule has 0 atom stereocenters. The standard InChI is InChI=1S/C14H23ClN4O3/c1-4-5-6-18-12(16)11(13(21)17-14(18)22)19(8-9(2)3)10(20)7-15/h9H,4-8,16H2,1-3H3,(H,17,21,22). The van der Waals surface area contributed by atoms with Gasteiger partial charge in [-0.05, 0) is 12.3 Å². The normalized spacial score (nSPS) is 11.0. The van der Waals surface area contributed by atoms with Crippen molar-refractivity contribution in [2.75, 3.05) is 23.1 Å². The molecule has 0 radical (unpaired) electrons. The molecule has 0 aliphatic rings. The van der Waals surface area contributed by atoms with E-state index in [1.807, 2.05) is 20.8 Å². The van der Waals surface area contributed by atoms with Gasteiger partial charge in [-0.15, -0.1) is 11.6 Å². The van der Waals surface area contributed by atoms with Crippen LogP contribution in [0.2, 0.25) is 0 Å². The Hall–Kier alpha value is -1.76. The number of nitrogens with one attached hydrogen (secondary N) is 1. The monoisotopic (exact) mass is 330 g/mol. The summed E-state index contributed by atoms with van der Waals surface area (Å²) in [6.07, 6.45) is 1.61. The molecule has 0 bridgehead atoms. The lowest BCUT2D eigenvalue weighted by molar-refractivity contribution is -0.116. The molecule has 1 rings (SSSR count). The van der Waals surface area contributed by atoms with E-state index >= 15 is 0 Å². The number of nitrogens with zero attached hydrogens (tertiary/aromatic N) is 2. The number of H-pyrrole nitrogens is 1. The second-order valence-corrected chi connectivity index (χ2v) is 5.80. The number of nitrogen functional groups attached to an aromatic ring is 1. The van der Waals surface area contributed by atoms with E-state index in [9.17, 15) is 14.4 Å². The highest BCUT2D eigenvalue weighted by molar-refractivity contribution is 6.29. The molecule has 0 aliphatic carbocycles. The molecule has 22 heavy (non-hydrogen) atoms. The zero-order chi connectivity index (χ0) is 16.9. The van der Waals surface area contributed by atoms with Crippen LogP contribution in [0.5, 0.6) is 0 Å². The molecule has 0 saturated heterocycles. The smallest absolute Gasteiger partial charge is 0.330 e. The first-order valence-corrected chi connectivity index (χ1v) is 7.85. The first kappa shape index (κ1) is 18.3. The SMILES string of the molecule is CCCCn1c(N)c(N(CC(C)C)C(=O)CCl)c(=O)[nH]c1=O. The third kappa shape index (κ3) is 4.13. The average molecular weight is 331 g/mol. The van der Waals surface area contributed by atoms with Gasteiger partial charge in [0, 0.05) is 13.1 Å². The van der Waals surface area contributed by atoms with Crippen molar-refractivity contribution in [1.29, 1.82) is 0 Å². The number of nitrogens with two attached hydrogens (primary N) is 1. The third-order valence-electron chi connectivity index (χ3n) is 3.18. The third-order valence-corrected chi connectivity index (χ3v) is 3.41. The van der Waals surface area contributed by atoms with Crippen molar-refractivity contribution in [3.8, 4) is 0 Å². The minimum atomic E-state index is -0.672. The van der Waals surface area contributed by atoms with Gasteiger partial charge in [0.2, 0.25) is 5.91 Å². The number of halogens is 1. The Bertz CT molecular complexity index is 636. The average Bonchev–Trinajstić information content (AvgIpc) is 2.44. The van der Waals surface area contributed by atoms with Crippen LogP contribution < -0.4 is 21.9 Å². The molecule has 0 saturated carbocycles. The number of aromatic amines is 1. The van der Waals surface area contributed by atoms with Crippen LogP contribution in [0.1, 0.15) is 33.6 Å². The Morgan fingerprint density at radius 2 is 2.05 bits per heavy atom. The van der Waals surface area contributed by atoms with Crippen LogP contribution in [0.15, 0.2) is 9.59 Å². The Morgan fingerprint density at radius 3 is 2.55 bits per heavy atom. The highest BCUT2D eigenvalue weighted by Gasteiger charge is 2.24. The quantitative estimate of drug-likeness (QED) is 0.732. The molecular weight excluding hydrogens is 308 g/mol. The molecule has 1 amide bonds. The fourth-order valence-corrected chi connectivity index (χ4v) is 2.28. The lowest BCUT2D eigenvalue weighted by atomic mass is 10.2. The van der Waals surface area contributed by atoms with Crippen LogP contribution in [0.25, 0.3) is 0 Å². The van der Waals surface area contributed by atoms with Crippen molar-refractivity contribution in [3.05, 3.63) is 20.8 Å². The Kier molecular flexibility index (Phi) is 6.67. The number of anilines is 2. The first-order valence-electron chi connectivity index (χ1n) is 7.32.